The van der Waals surface area contributed by atoms with E-state index in [9.17, 15) is 0 Å². The van der Waals surface area contributed by atoms with Crippen LogP contribution in [0.2, 0.25) is 0 Å². The van der Waals surface area contributed by atoms with Crippen LogP contribution >= 0.6 is 11.8 Å². The minimum Gasteiger partial charge on any atom is -0.308 e. The van der Waals surface area contributed by atoms with E-state index >= 15 is 0 Å². The third-order valence-corrected chi connectivity index (χ3v) is 4.75. The van der Waals surface area contributed by atoms with Crippen molar-refractivity contribution in [1.82, 2.24) is 15.1 Å². The average Bonchev–Trinajstić information content (AvgIpc) is 2.93. The van der Waals surface area contributed by atoms with Crippen molar-refractivity contribution in [3.8, 4) is 5.69 Å². The van der Waals surface area contributed by atoms with Gasteiger partial charge in [-0.15, -0.1) is 0 Å². The molecule has 0 saturated carbocycles. The number of para-hydroxylation sites is 1. The predicted molar refractivity (Wildman–Crippen MR) is 85.6 cm³/mol. The molecule has 1 N–H and O–H groups in total. The number of thioether (sulfide) groups is 1. The Morgan fingerprint density at radius 1 is 1.35 bits per heavy atom. The largest absolute Gasteiger partial charge is 0.308 e. The molecule has 1 saturated heterocycles. The van der Waals surface area contributed by atoms with Crippen LogP contribution in [0, 0.1) is 0 Å². The summed E-state index contributed by atoms with van der Waals surface area (Å²) >= 11 is 2.03. The van der Waals surface area contributed by atoms with E-state index in [1.807, 2.05) is 17.8 Å². The van der Waals surface area contributed by atoms with Crippen molar-refractivity contribution in [2.75, 3.05) is 18.1 Å². The van der Waals surface area contributed by atoms with E-state index < -0.39 is 0 Å². The predicted octanol–water partition coefficient (Wildman–Crippen LogP) is 3.20. The van der Waals surface area contributed by atoms with Gasteiger partial charge < -0.3 is 5.32 Å². The van der Waals surface area contributed by atoms with Crippen LogP contribution in [-0.4, -0.2) is 27.8 Å². The zero-order valence-corrected chi connectivity index (χ0v) is 12.7. The van der Waals surface area contributed by atoms with Crippen molar-refractivity contribution in [1.29, 1.82) is 0 Å². The highest BCUT2D eigenvalue weighted by Crippen LogP contribution is 2.27. The summed E-state index contributed by atoms with van der Waals surface area (Å²) in [6.07, 6.45) is 4.28. The van der Waals surface area contributed by atoms with Gasteiger partial charge in [0.15, 0.2) is 0 Å². The highest BCUT2D eigenvalue weighted by Gasteiger charge is 2.21. The molecule has 0 amide bonds. The molecular formula is C16H21N3S. The summed E-state index contributed by atoms with van der Waals surface area (Å²) in [6, 6.07) is 10.9. The molecule has 0 bridgehead atoms. The first-order valence-electron chi connectivity index (χ1n) is 7.33. The van der Waals surface area contributed by atoms with Gasteiger partial charge in [0.2, 0.25) is 0 Å². The second-order valence-electron chi connectivity index (χ2n) is 5.13. The first kappa shape index (κ1) is 13.7. The Hall–Kier alpha value is -1.26. The number of hydrogen-bond donors (Lipinski definition) is 1. The number of benzene rings is 1. The normalized spacial score (nSPS) is 19.1. The quantitative estimate of drug-likeness (QED) is 0.936. The van der Waals surface area contributed by atoms with Crippen LogP contribution < -0.4 is 5.32 Å². The van der Waals surface area contributed by atoms with E-state index in [0.717, 1.165) is 30.8 Å². The van der Waals surface area contributed by atoms with Crippen LogP contribution in [0.3, 0.4) is 0 Å². The summed E-state index contributed by atoms with van der Waals surface area (Å²) in [5, 5.41) is 8.27. The standard InChI is InChI=1S/C16H21N3S/c1-2-6-16-14(15-12-20-10-9-17-15)11-18-19(16)13-7-4-3-5-8-13/h3-5,7-8,11,15,17H,2,6,9-10,12H2,1H3. The fourth-order valence-electron chi connectivity index (χ4n) is 2.72. The summed E-state index contributed by atoms with van der Waals surface area (Å²) in [5.74, 6) is 2.36. The second-order valence-corrected chi connectivity index (χ2v) is 6.28. The van der Waals surface area contributed by atoms with Crippen molar-refractivity contribution in [2.45, 2.75) is 25.8 Å². The van der Waals surface area contributed by atoms with Crippen molar-refractivity contribution in [3.63, 3.8) is 0 Å². The Labute approximate surface area is 124 Å². The van der Waals surface area contributed by atoms with Gasteiger partial charge >= 0.3 is 0 Å². The molecular weight excluding hydrogens is 266 g/mol. The van der Waals surface area contributed by atoms with Crippen LogP contribution in [-0.2, 0) is 6.42 Å². The second kappa shape index (κ2) is 6.46. The lowest BCUT2D eigenvalue weighted by molar-refractivity contribution is 0.587. The Kier molecular flexibility index (Phi) is 4.43. The monoisotopic (exact) mass is 287 g/mol. The molecule has 1 aromatic heterocycles. The van der Waals surface area contributed by atoms with E-state index in [4.69, 9.17) is 0 Å². The average molecular weight is 287 g/mol. The summed E-state index contributed by atoms with van der Waals surface area (Å²) in [7, 11) is 0. The lowest BCUT2D eigenvalue weighted by Gasteiger charge is -2.23. The molecule has 2 heterocycles. The Morgan fingerprint density at radius 3 is 2.90 bits per heavy atom. The number of hydrogen-bond acceptors (Lipinski definition) is 3. The molecule has 0 radical (unpaired) electrons. The lowest BCUT2D eigenvalue weighted by atomic mass is 10.1. The topological polar surface area (TPSA) is 29.9 Å². The zero-order valence-electron chi connectivity index (χ0n) is 11.9. The lowest BCUT2D eigenvalue weighted by Crippen LogP contribution is -2.30. The summed E-state index contributed by atoms with van der Waals surface area (Å²) < 4.78 is 2.11. The molecule has 20 heavy (non-hydrogen) atoms. The molecule has 1 aliphatic heterocycles. The summed E-state index contributed by atoms with van der Waals surface area (Å²) in [6.45, 7) is 3.33. The molecule has 2 aromatic rings. The van der Waals surface area contributed by atoms with Gasteiger partial charge in [-0.1, -0.05) is 31.5 Å². The van der Waals surface area contributed by atoms with Crippen LogP contribution in [0.25, 0.3) is 5.69 Å². The smallest absolute Gasteiger partial charge is 0.0648 e. The van der Waals surface area contributed by atoms with Crippen LogP contribution in [0.15, 0.2) is 36.5 Å². The van der Waals surface area contributed by atoms with Crippen molar-refractivity contribution in [3.05, 3.63) is 47.8 Å². The first-order chi connectivity index (χ1) is 9.90. The van der Waals surface area contributed by atoms with Crippen molar-refractivity contribution < 1.29 is 0 Å². The molecule has 3 nitrogen and oxygen atoms in total. The third kappa shape index (κ3) is 2.76. The van der Waals surface area contributed by atoms with Gasteiger partial charge in [-0.3, -0.25) is 0 Å². The molecule has 3 rings (SSSR count). The number of aromatic nitrogens is 2. The minimum absolute atomic E-state index is 0.452. The fraction of sp³-hybridized carbons (Fsp3) is 0.438. The van der Waals surface area contributed by atoms with E-state index in [-0.39, 0.29) is 0 Å². The van der Waals surface area contributed by atoms with Gasteiger partial charge in [0, 0.05) is 35.3 Å². The van der Waals surface area contributed by atoms with E-state index in [2.05, 4.69) is 52.5 Å². The highest BCUT2D eigenvalue weighted by atomic mass is 32.2. The third-order valence-electron chi connectivity index (χ3n) is 3.69. The summed E-state index contributed by atoms with van der Waals surface area (Å²) in [4.78, 5) is 0. The Bertz CT molecular complexity index is 544. The molecule has 4 heteroatoms. The van der Waals surface area contributed by atoms with Crippen molar-refractivity contribution in [2.24, 2.45) is 0 Å². The van der Waals surface area contributed by atoms with E-state index in [1.54, 1.807) is 0 Å². The molecule has 1 aliphatic rings. The molecule has 106 valence electrons. The van der Waals surface area contributed by atoms with Gasteiger partial charge in [0.25, 0.3) is 0 Å². The van der Waals surface area contributed by atoms with Crippen LogP contribution in [0.1, 0.15) is 30.6 Å². The molecule has 1 fully saturated rings. The Balaban J connectivity index is 1.97. The first-order valence-corrected chi connectivity index (χ1v) is 8.49. The zero-order chi connectivity index (χ0) is 13.8. The maximum Gasteiger partial charge on any atom is 0.0648 e. The van der Waals surface area contributed by atoms with Gasteiger partial charge in [0.1, 0.15) is 0 Å². The Morgan fingerprint density at radius 2 is 2.20 bits per heavy atom. The molecule has 0 aliphatic carbocycles. The fourth-order valence-corrected chi connectivity index (χ4v) is 3.68. The van der Waals surface area contributed by atoms with Gasteiger partial charge in [-0.05, 0) is 18.6 Å². The molecule has 0 spiro atoms. The highest BCUT2D eigenvalue weighted by molar-refractivity contribution is 7.99. The maximum absolute atomic E-state index is 4.65. The molecule has 1 aromatic carbocycles. The molecule has 1 atom stereocenters. The summed E-state index contributed by atoms with van der Waals surface area (Å²) in [5.41, 5.74) is 3.90. The molecule has 1 unspecified atom stereocenters. The number of nitrogens with one attached hydrogen (secondary N) is 1. The van der Waals surface area contributed by atoms with Crippen molar-refractivity contribution >= 4 is 11.8 Å². The van der Waals surface area contributed by atoms with Crippen LogP contribution in [0.4, 0.5) is 0 Å². The van der Waals surface area contributed by atoms with E-state index in [0.29, 0.717) is 6.04 Å². The SMILES string of the molecule is CCCc1c(C2CSCCN2)cnn1-c1ccccc1. The van der Waals surface area contributed by atoms with Gasteiger partial charge in [0.05, 0.1) is 11.9 Å². The number of rotatable bonds is 4. The number of nitrogens with zero attached hydrogens (tertiary/aromatic N) is 2. The van der Waals surface area contributed by atoms with Gasteiger partial charge in [-0.2, -0.15) is 16.9 Å². The minimum atomic E-state index is 0.452. The van der Waals surface area contributed by atoms with Gasteiger partial charge in [-0.25, -0.2) is 4.68 Å². The van der Waals surface area contributed by atoms with E-state index in [1.165, 1.54) is 17.0 Å². The van der Waals surface area contributed by atoms with Crippen LogP contribution in [0.5, 0.6) is 0 Å². The maximum atomic E-state index is 4.65.